The van der Waals surface area contributed by atoms with Crippen LogP contribution in [0.25, 0.3) is 10.1 Å². The number of thioether (sulfide) groups is 1. The predicted octanol–water partition coefficient (Wildman–Crippen LogP) is 3.15. The number of amides is 1. The van der Waals surface area contributed by atoms with Gasteiger partial charge in [0.1, 0.15) is 5.70 Å². The van der Waals surface area contributed by atoms with Crippen LogP contribution in [-0.2, 0) is 9.59 Å². The molecule has 2 aliphatic heterocycles. The van der Waals surface area contributed by atoms with E-state index in [4.69, 9.17) is 0 Å². The molecule has 0 bridgehead atoms. The van der Waals surface area contributed by atoms with E-state index in [0.29, 0.717) is 4.91 Å². The van der Waals surface area contributed by atoms with Crippen molar-refractivity contribution in [1.29, 1.82) is 0 Å². The summed E-state index contributed by atoms with van der Waals surface area (Å²) in [5.74, 6) is -2.03. The first kappa shape index (κ1) is 16.6. The van der Waals surface area contributed by atoms with Gasteiger partial charge in [-0.3, -0.25) is 4.79 Å². The predicted molar refractivity (Wildman–Crippen MR) is 97.3 cm³/mol. The lowest BCUT2D eigenvalue weighted by Gasteiger charge is -2.46. The van der Waals surface area contributed by atoms with E-state index in [0.717, 1.165) is 15.0 Å². The molecule has 0 spiro atoms. The highest BCUT2D eigenvalue weighted by molar-refractivity contribution is 8.03. The topological polar surface area (TPSA) is 77.8 Å². The first-order valence-corrected chi connectivity index (χ1v) is 9.74. The van der Waals surface area contributed by atoms with Crippen LogP contribution in [0.15, 0.2) is 45.1 Å². The van der Waals surface area contributed by atoms with Gasteiger partial charge in [-0.25, -0.2) is 4.79 Å². The summed E-state index contributed by atoms with van der Waals surface area (Å²) >= 11 is 3.05. The van der Waals surface area contributed by atoms with Crippen molar-refractivity contribution in [3.8, 4) is 0 Å². The summed E-state index contributed by atoms with van der Waals surface area (Å²) in [6.07, 6.45) is -0.780. The molecule has 0 saturated carbocycles. The Morgan fingerprint density at radius 1 is 1.36 bits per heavy atom. The summed E-state index contributed by atoms with van der Waals surface area (Å²) in [5, 5.41) is 22.7. The van der Waals surface area contributed by atoms with Crippen LogP contribution in [0.3, 0.4) is 0 Å². The van der Waals surface area contributed by atoms with Gasteiger partial charge in [0.2, 0.25) is 5.91 Å². The van der Waals surface area contributed by atoms with E-state index in [1.807, 2.05) is 36.6 Å². The number of carboxylic acids is 1. The van der Waals surface area contributed by atoms with Gasteiger partial charge in [-0.05, 0) is 13.0 Å². The van der Waals surface area contributed by atoms with Gasteiger partial charge in [-0.2, -0.15) is 0 Å². The molecular weight excluding hydrogens is 358 g/mol. The van der Waals surface area contributed by atoms with Gasteiger partial charge in [-0.1, -0.05) is 36.9 Å². The fourth-order valence-corrected chi connectivity index (χ4v) is 6.16. The van der Waals surface area contributed by atoms with Crippen molar-refractivity contribution in [2.75, 3.05) is 0 Å². The summed E-state index contributed by atoms with van der Waals surface area (Å²) in [6, 6.07) is 7.73. The Bertz CT molecular complexity index is 917. The van der Waals surface area contributed by atoms with Crippen molar-refractivity contribution in [3.63, 3.8) is 0 Å². The minimum Gasteiger partial charge on any atom is -0.477 e. The van der Waals surface area contributed by atoms with Crippen LogP contribution >= 0.6 is 23.1 Å². The molecule has 7 heteroatoms. The lowest BCUT2D eigenvalue weighted by atomic mass is 9.79. The van der Waals surface area contributed by atoms with Crippen molar-refractivity contribution in [2.45, 2.75) is 30.9 Å². The molecule has 0 radical (unpaired) electrons. The third-order valence-corrected chi connectivity index (χ3v) is 7.43. The van der Waals surface area contributed by atoms with Gasteiger partial charge in [0, 0.05) is 31.2 Å². The molecular formula is C18H17NO4S2. The zero-order chi connectivity index (χ0) is 17.9. The lowest BCUT2D eigenvalue weighted by Crippen LogP contribution is -2.63. The number of nitrogens with zero attached hydrogens (tertiary/aromatic N) is 1. The normalized spacial score (nSPS) is 26.8. The molecule has 1 aromatic carbocycles. The molecule has 4 rings (SSSR count). The van der Waals surface area contributed by atoms with Gasteiger partial charge in [0.25, 0.3) is 0 Å². The minimum absolute atomic E-state index is 0.0691. The molecule has 25 heavy (non-hydrogen) atoms. The SMILES string of the molecule is C[C@@H](O)[C@H]1C(=O)N2C(C(=O)O)=C(Sc3csc4ccccc34)[C@H](C)[C@H]12. The highest BCUT2D eigenvalue weighted by Gasteiger charge is 2.60. The Labute approximate surface area is 152 Å². The Morgan fingerprint density at radius 3 is 2.76 bits per heavy atom. The molecule has 1 saturated heterocycles. The van der Waals surface area contributed by atoms with E-state index in [-0.39, 0.29) is 23.6 Å². The number of aliphatic carboxylic acids is 1. The Kier molecular flexibility index (Phi) is 3.90. The molecule has 2 N–H and O–H groups in total. The number of carboxylic acid groups (broad SMARTS) is 1. The number of hydrogen-bond donors (Lipinski definition) is 2. The second kappa shape index (κ2) is 5.86. The number of aliphatic hydroxyl groups is 1. The van der Waals surface area contributed by atoms with Crippen LogP contribution in [-0.4, -0.2) is 39.1 Å². The fraction of sp³-hybridized carbons (Fsp3) is 0.333. The standard InChI is InChI=1S/C18H17NO4S2/c1-8-14-13(9(2)20)17(21)19(14)15(18(22)23)16(8)25-12-7-24-11-6-4-3-5-10(11)12/h3-9,13-14,20H,1-2H3,(H,22,23)/t8-,9-,13-,14-/m1/s1. The minimum atomic E-state index is -1.09. The molecule has 5 nitrogen and oxygen atoms in total. The number of rotatable bonds is 4. The quantitative estimate of drug-likeness (QED) is 0.803. The number of thiophene rings is 1. The van der Waals surface area contributed by atoms with Crippen LogP contribution in [0.4, 0.5) is 0 Å². The molecule has 130 valence electrons. The van der Waals surface area contributed by atoms with Gasteiger partial charge in [0.05, 0.1) is 18.1 Å². The number of β-lactam (4-membered cyclic amide) rings is 1. The number of carbonyl (C=O) groups is 2. The fourth-order valence-electron chi connectivity index (χ4n) is 3.81. The summed E-state index contributed by atoms with van der Waals surface area (Å²) in [6.45, 7) is 3.52. The maximum absolute atomic E-state index is 12.4. The zero-order valence-corrected chi connectivity index (χ0v) is 15.3. The third-order valence-electron chi connectivity index (χ3n) is 4.98. The van der Waals surface area contributed by atoms with Gasteiger partial charge >= 0.3 is 5.97 Å². The van der Waals surface area contributed by atoms with Crippen LogP contribution in [0, 0.1) is 11.8 Å². The maximum atomic E-state index is 12.4. The number of aliphatic hydroxyl groups excluding tert-OH is 1. The van der Waals surface area contributed by atoms with Crippen molar-refractivity contribution < 1.29 is 19.8 Å². The molecule has 1 amide bonds. The van der Waals surface area contributed by atoms with Crippen molar-refractivity contribution in [3.05, 3.63) is 40.2 Å². The van der Waals surface area contributed by atoms with E-state index in [1.165, 1.54) is 16.7 Å². The van der Waals surface area contributed by atoms with Gasteiger partial charge in [-0.15, -0.1) is 11.3 Å². The second-order valence-electron chi connectivity index (χ2n) is 6.47. The number of benzene rings is 1. The Hall–Kier alpha value is -1.83. The second-order valence-corrected chi connectivity index (χ2v) is 8.47. The molecule has 2 aliphatic rings. The lowest BCUT2D eigenvalue weighted by molar-refractivity contribution is -0.163. The smallest absolute Gasteiger partial charge is 0.353 e. The Morgan fingerprint density at radius 2 is 2.08 bits per heavy atom. The molecule has 1 fully saturated rings. The Balaban J connectivity index is 1.75. The molecule has 0 aliphatic carbocycles. The van der Waals surface area contributed by atoms with Crippen molar-refractivity contribution >= 4 is 45.1 Å². The highest BCUT2D eigenvalue weighted by atomic mass is 32.2. The van der Waals surface area contributed by atoms with Gasteiger partial charge < -0.3 is 15.1 Å². The van der Waals surface area contributed by atoms with Gasteiger partial charge in [0.15, 0.2) is 0 Å². The highest BCUT2D eigenvalue weighted by Crippen LogP contribution is 2.53. The van der Waals surface area contributed by atoms with E-state index >= 15 is 0 Å². The summed E-state index contributed by atoms with van der Waals surface area (Å²) in [7, 11) is 0. The number of fused-ring (bicyclic) bond motifs is 2. The van der Waals surface area contributed by atoms with Crippen molar-refractivity contribution in [1.82, 2.24) is 4.90 Å². The van der Waals surface area contributed by atoms with Crippen LogP contribution < -0.4 is 0 Å². The van der Waals surface area contributed by atoms with Crippen LogP contribution in [0.2, 0.25) is 0 Å². The number of carbonyl (C=O) groups excluding carboxylic acids is 1. The molecule has 0 unspecified atom stereocenters. The monoisotopic (exact) mass is 375 g/mol. The molecule has 4 atom stereocenters. The zero-order valence-electron chi connectivity index (χ0n) is 13.7. The van der Waals surface area contributed by atoms with E-state index in [1.54, 1.807) is 18.3 Å². The first-order chi connectivity index (χ1) is 11.9. The van der Waals surface area contributed by atoms with E-state index in [9.17, 15) is 19.8 Å². The largest absolute Gasteiger partial charge is 0.477 e. The van der Waals surface area contributed by atoms with Crippen LogP contribution in [0.1, 0.15) is 13.8 Å². The molecule has 2 aromatic rings. The van der Waals surface area contributed by atoms with E-state index in [2.05, 4.69) is 0 Å². The summed E-state index contributed by atoms with van der Waals surface area (Å²) in [5.41, 5.74) is 0.0691. The van der Waals surface area contributed by atoms with Crippen molar-refractivity contribution in [2.24, 2.45) is 11.8 Å². The first-order valence-electron chi connectivity index (χ1n) is 8.04. The maximum Gasteiger partial charge on any atom is 0.353 e. The number of hydrogen-bond acceptors (Lipinski definition) is 5. The average molecular weight is 375 g/mol. The molecule has 1 aromatic heterocycles. The summed E-state index contributed by atoms with van der Waals surface area (Å²) < 4.78 is 1.15. The summed E-state index contributed by atoms with van der Waals surface area (Å²) in [4.78, 5) is 27.3. The van der Waals surface area contributed by atoms with Crippen LogP contribution in [0.5, 0.6) is 0 Å². The third kappa shape index (κ3) is 2.33. The average Bonchev–Trinajstić information content (AvgIpc) is 3.06. The van der Waals surface area contributed by atoms with E-state index < -0.39 is 18.0 Å². The molecule has 3 heterocycles.